The van der Waals surface area contributed by atoms with E-state index in [0.717, 1.165) is 0 Å². The number of hydrogen-bond donors (Lipinski definition) is 1. The first-order valence-corrected chi connectivity index (χ1v) is 4.20. The summed E-state index contributed by atoms with van der Waals surface area (Å²) < 4.78 is 11.0. The Morgan fingerprint density at radius 1 is 1.64 bits per heavy atom. The van der Waals surface area contributed by atoms with E-state index in [2.05, 4.69) is 11.6 Å². The second kappa shape index (κ2) is 3.41. The average molecular weight is 168 g/mol. The number of aromatic nitrogens is 1. The zero-order valence-electron chi connectivity index (χ0n) is 5.86. The Morgan fingerprint density at radius 3 is 2.82 bits per heavy atom. The lowest BCUT2D eigenvalue weighted by molar-refractivity contribution is 0.600. The fourth-order valence-corrected chi connectivity index (χ4v) is 1.13. The van der Waals surface area contributed by atoms with Crippen LogP contribution in [0.5, 0.6) is 0 Å². The Labute approximate surface area is 68.1 Å². The molecule has 0 aliphatic rings. The minimum Gasteiger partial charge on any atom is -0.606 e. The van der Waals surface area contributed by atoms with E-state index < -0.39 is 11.2 Å². The summed E-state index contributed by atoms with van der Waals surface area (Å²) in [5, 5.41) is 1.81. The van der Waals surface area contributed by atoms with Crippen LogP contribution < -0.4 is 5.73 Å². The molecule has 1 atom stereocenters. The standard InChI is InChI=1S/C7H8N2OS/c1-2-11(10)7-4-3-6(8)5-9-7/h2-5H,1,8H2. The smallest absolute Gasteiger partial charge is 0.249 e. The summed E-state index contributed by atoms with van der Waals surface area (Å²) in [5.74, 6) is 0. The maximum atomic E-state index is 11.0. The quantitative estimate of drug-likeness (QED) is 0.668. The third-order valence-corrected chi connectivity index (χ3v) is 2.07. The second-order valence-electron chi connectivity index (χ2n) is 1.89. The van der Waals surface area contributed by atoms with Crippen LogP contribution in [-0.4, -0.2) is 9.54 Å². The van der Waals surface area contributed by atoms with Gasteiger partial charge in [0.2, 0.25) is 5.03 Å². The van der Waals surface area contributed by atoms with Crippen molar-refractivity contribution >= 4 is 16.9 Å². The largest absolute Gasteiger partial charge is 0.606 e. The average Bonchev–Trinajstić information content (AvgIpc) is 2.05. The summed E-state index contributed by atoms with van der Waals surface area (Å²) in [5.41, 5.74) is 5.95. The lowest BCUT2D eigenvalue weighted by atomic mass is 10.4. The molecule has 4 heteroatoms. The van der Waals surface area contributed by atoms with Gasteiger partial charge in [0.1, 0.15) is 5.41 Å². The molecule has 0 aromatic carbocycles. The van der Waals surface area contributed by atoms with Crippen LogP contribution in [0.25, 0.3) is 0 Å². The van der Waals surface area contributed by atoms with Gasteiger partial charge in [-0.05, 0) is 6.07 Å². The number of nitrogen functional groups attached to an aromatic ring is 1. The zero-order valence-corrected chi connectivity index (χ0v) is 6.67. The van der Waals surface area contributed by atoms with Crippen LogP contribution in [0.1, 0.15) is 0 Å². The predicted molar refractivity (Wildman–Crippen MR) is 45.3 cm³/mol. The zero-order chi connectivity index (χ0) is 8.27. The van der Waals surface area contributed by atoms with Crippen molar-refractivity contribution in [3.63, 3.8) is 0 Å². The van der Waals surface area contributed by atoms with E-state index in [4.69, 9.17) is 5.73 Å². The van der Waals surface area contributed by atoms with E-state index in [1.54, 1.807) is 12.1 Å². The maximum absolute atomic E-state index is 11.0. The molecule has 0 spiro atoms. The van der Waals surface area contributed by atoms with Gasteiger partial charge in [-0.1, -0.05) is 6.58 Å². The van der Waals surface area contributed by atoms with E-state index in [-0.39, 0.29) is 0 Å². The van der Waals surface area contributed by atoms with E-state index in [1.165, 1.54) is 11.6 Å². The van der Waals surface area contributed by atoms with Crippen LogP contribution in [0.3, 0.4) is 0 Å². The highest BCUT2D eigenvalue weighted by atomic mass is 32.2. The van der Waals surface area contributed by atoms with Crippen LogP contribution in [-0.2, 0) is 11.2 Å². The van der Waals surface area contributed by atoms with Crippen LogP contribution >= 0.6 is 0 Å². The molecule has 1 unspecified atom stereocenters. The highest BCUT2D eigenvalue weighted by Crippen LogP contribution is 2.09. The highest BCUT2D eigenvalue weighted by molar-refractivity contribution is 7.94. The second-order valence-corrected chi connectivity index (χ2v) is 3.24. The fourth-order valence-electron chi connectivity index (χ4n) is 0.596. The van der Waals surface area contributed by atoms with E-state index >= 15 is 0 Å². The molecule has 0 bridgehead atoms. The summed E-state index contributed by atoms with van der Waals surface area (Å²) in [7, 11) is 0. The summed E-state index contributed by atoms with van der Waals surface area (Å²) in [6.07, 6.45) is 1.47. The van der Waals surface area contributed by atoms with Gasteiger partial charge in [0.05, 0.1) is 11.9 Å². The number of nitrogens with zero attached hydrogens (tertiary/aromatic N) is 1. The molecule has 58 valence electrons. The van der Waals surface area contributed by atoms with E-state index in [1.807, 2.05) is 0 Å². The van der Waals surface area contributed by atoms with Gasteiger partial charge in [-0.2, -0.15) is 0 Å². The van der Waals surface area contributed by atoms with Crippen LogP contribution in [0, 0.1) is 0 Å². The number of pyridine rings is 1. The molecule has 1 aromatic rings. The molecule has 0 radical (unpaired) electrons. The van der Waals surface area contributed by atoms with Gasteiger partial charge in [0.25, 0.3) is 0 Å². The normalized spacial score (nSPS) is 12.5. The van der Waals surface area contributed by atoms with Crippen molar-refractivity contribution < 1.29 is 4.55 Å². The summed E-state index contributed by atoms with van der Waals surface area (Å²) in [6, 6.07) is 3.27. The van der Waals surface area contributed by atoms with Gasteiger partial charge < -0.3 is 10.3 Å². The third kappa shape index (κ3) is 1.96. The van der Waals surface area contributed by atoms with Crippen LogP contribution in [0.15, 0.2) is 35.3 Å². The Hall–Kier alpha value is -1.00. The van der Waals surface area contributed by atoms with E-state index in [9.17, 15) is 4.55 Å². The topological polar surface area (TPSA) is 62.0 Å². The van der Waals surface area contributed by atoms with Crippen molar-refractivity contribution in [3.05, 3.63) is 30.3 Å². The van der Waals surface area contributed by atoms with Gasteiger partial charge >= 0.3 is 0 Å². The Bertz CT molecular complexity index is 247. The lowest BCUT2D eigenvalue weighted by Crippen LogP contribution is -1.99. The van der Waals surface area contributed by atoms with Gasteiger partial charge in [-0.25, -0.2) is 4.98 Å². The van der Waals surface area contributed by atoms with Gasteiger partial charge in [-0.3, -0.25) is 0 Å². The first-order valence-electron chi connectivity index (χ1n) is 2.98. The summed E-state index contributed by atoms with van der Waals surface area (Å²) in [4.78, 5) is 3.85. The Balaban J connectivity index is 2.89. The molecule has 0 saturated heterocycles. The molecule has 1 rings (SSSR count). The number of hydrogen-bond acceptors (Lipinski definition) is 3. The molecule has 1 aromatic heterocycles. The number of nitrogens with two attached hydrogens (primary N) is 1. The van der Waals surface area contributed by atoms with Crippen LogP contribution in [0.4, 0.5) is 5.69 Å². The van der Waals surface area contributed by atoms with Crippen molar-refractivity contribution in [1.29, 1.82) is 0 Å². The molecular formula is C7H8N2OS. The van der Waals surface area contributed by atoms with Crippen molar-refractivity contribution in [1.82, 2.24) is 4.98 Å². The van der Waals surface area contributed by atoms with Gasteiger partial charge in [0, 0.05) is 17.2 Å². The van der Waals surface area contributed by atoms with Crippen molar-refractivity contribution in [2.75, 3.05) is 5.73 Å². The SMILES string of the molecule is C=C[S+]([O-])c1ccc(N)cn1. The molecule has 3 nitrogen and oxygen atoms in total. The molecule has 2 N–H and O–H groups in total. The fraction of sp³-hybridized carbons (Fsp3) is 0. The van der Waals surface area contributed by atoms with Crippen molar-refractivity contribution in [3.8, 4) is 0 Å². The number of rotatable bonds is 2. The number of anilines is 1. The highest BCUT2D eigenvalue weighted by Gasteiger charge is 2.05. The molecule has 11 heavy (non-hydrogen) atoms. The van der Waals surface area contributed by atoms with E-state index in [0.29, 0.717) is 10.7 Å². The minimum absolute atomic E-state index is 0.481. The van der Waals surface area contributed by atoms with Crippen molar-refractivity contribution in [2.24, 2.45) is 0 Å². The lowest BCUT2D eigenvalue weighted by Gasteiger charge is -2.01. The summed E-state index contributed by atoms with van der Waals surface area (Å²) in [6.45, 7) is 3.39. The monoisotopic (exact) mass is 168 g/mol. The first kappa shape index (κ1) is 8.10. The molecule has 1 heterocycles. The van der Waals surface area contributed by atoms with Gasteiger partial charge in [0.15, 0.2) is 0 Å². The van der Waals surface area contributed by atoms with Crippen LogP contribution in [0.2, 0.25) is 0 Å². The maximum Gasteiger partial charge on any atom is 0.249 e. The molecule has 0 aliphatic heterocycles. The molecular weight excluding hydrogens is 160 g/mol. The molecule has 0 saturated carbocycles. The Morgan fingerprint density at radius 2 is 2.36 bits per heavy atom. The van der Waals surface area contributed by atoms with Crippen molar-refractivity contribution in [2.45, 2.75) is 5.03 Å². The summed E-state index contributed by atoms with van der Waals surface area (Å²) >= 11 is -1.20. The first-order chi connectivity index (χ1) is 5.24. The minimum atomic E-state index is -1.20. The predicted octanol–water partition coefficient (Wildman–Crippen LogP) is 0.915. The molecule has 0 amide bonds. The van der Waals surface area contributed by atoms with Gasteiger partial charge in [-0.15, -0.1) is 0 Å². The Kier molecular flexibility index (Phi) is 2.51. The molecule has 0 aliphatic carbocycles. The third-order valence-electron chi connectivity index (χ3n) is 1.12. The molecule has 0 fully saturated rings.